The summed E-state index contributed by atoms with van der Waals surface area (Å²) >= 11 is 1.49. The van der Waals surface area contributed by atoms with E-state index < -0.39 is 0 Å². The normalized spacial score (nSPS) is 11.0. The third kappa shape index (κ3) is 1.86. The molecule has 3 nitrogen and oxygen atoms in total. The molecular weight excluding hydrogens is 249 g/mol. The Hall–Kier alpha value is -1.88. The minimum atomic E-state index is -0.229. The first-order valence-electron chi connectivity index (χ1n) is 5.42. The van der Waals surface area contributed by atoms with Gasteiger partial charge in [0.25, 0.3) is 0 Å². The van der Waals surface area contributed by atoms with E-state index in [4.69, 9.17) is 0 Å². The van der Waals surface area contributed by atoms with Crippen molar-refractivity contribution in [2.45, 2.75) is 5.16 Å². The van der Waals surface area contributed by atoms with Crippen LogP contribution in [0.2, 0.25) is 0 Å². The molecule has 2 aromatic heterocycles. The lowest BCUT2D eigenvalue weighted by molar-refractivity contribution is 0.629. The van der Waals surface area contributed by atoms with E-state index in [0.717, 1.165) is 21.9 Å². The molecule has 1 aromatic carbocycles. The second-order valence-electron chi connectivity index (χ2n) is 3.79. The van der Waals surface area contributed by atoms with Crippen LogP contribution < -0.4 is 0 Å². The molecule has 0 amide bonds. The zero-order chi connectivity index (χ0) is 12.5. The van der Waals surface area contributed by atoms with Crippen LogP contribution in [0.3, 0.4) is 0 Å². The largest absolute Gasteiger partial charge is 0.301 e. The highest BCUT2D eigenvalue weighted by molar-refractivity contribution is 7.98. The molecular formula is C13H10FN3S. The first-order chi connectivity index (χ1) is 8.78. The molecule has 0 saturated carbocycles. The number of hydrogen-bond acceptors (Lipinski definition) is 3. The highest BCUT2D eigenvalue weighted by Gasteiger charge is 2.06. The molecule has 0 aliphatic heterocycles. The van der Waals surface area contributed by atoms with Crippen molar-refractivity contribution < 1.29 is 4.39 Å². The van der Waals surface area contributed by atoms with Gasteiger partial charge in [-0.25, -0.2) is 14.4 Å². The molecule has 0 radical (unpaired) electrons. The van der Waals surface area contributed by atoms with Crippen LogP contribution in [0, 0.1) is 5.82 Å². The van der Waals surface area contributed by atoms with Crippen LogP contribution >= 0.6 is 11.8 Å². The second kappa shape index (κ2) is 4.42. The fraction of sp³-hybridized carbons (Fsp3) is 0.0769. The summed E-state index contributed by atoms with van der Waals surface area (Å²) < 4.78 is 15.1. The zero-order valence-corrected chi connectivity index (χ0v) is 10.5. The van der Waals surface area contributed by atoms with Gasteiger partial charge in [-0.05, 0) is 36.6 Å². The molecule has 0 unspecified atom stereocenters. The molecule has 0 N–H and O–H groups in total. The van der Waals surface area contributed by atoms with Crippen molar-refractivity contribution in [3.05, 3.63) is 48.5 Å². The molecule has 0 spiro atoms. The first-order valence-corrected chi connectivity index (χ1v) is 6.64. The Bertz CT molecular complexity index is 708. The summed E-state index contributed by atoms with van der Waals surface area (Å²) in [5, 5.41) is 1.58. The van der Waals surface area contributed by atoms with E-state index in [1.54, 1.807) is 12.3 Å². The Morgan fingerprint density at radius 2 is 2.11 bits per heavy atom. The third-order valence-electron chi connectivity index (χ3n) is 2.70. The fourth-order valence-corrected chi connectivity index (χ4v) is 2.23. The van der Waals surface area contributed by atoms with Crippen LogP contribution in [0.15, 0.2) is 47.9 Å². The minimum Gasteiger partial charge on any atom is -0.301 e. The minimum absolute atomic E-state index is 0.229. The van der Waals surface area contributed by atoms with Gasteiger partial charge < -0.3 is 4.57 Å². The number of fused-ring (bicyclic) bond motifs is 1. The summed E-state index contributed by atoms with van der Waals surface area (Å²) in [5.74, 6) is 0.559. The van der Waals surface area contributed by atoms with Crippen molar-refractivity contribution in [2.75, 3.05) is 6.26 Å². The number of rotatable bonds is 2. The quantitative estimate of drug-likeness (QED) is 0.522. The van der Waals surface area contributed by atoms with Gasteiger partial charge in [0.1, 0.15) is 11.6 Å². The van der Waals surface area contributed by atoms with E-state index in [0.29, 0.717) is 0 Å². The standard InChI is InChI=1S/C13H10FN3S/c1-18-13-15-6-4-12(16-13)17-7-5-9-8-10(14)2-3-11(9)17/h2-8H,1H3. The van der Waals surface area contributed by atoms with E-state index in [1.807, 2.05) is 29.2 Å². The van der Waals surface area contributed by atoms with Crippen molar-refractivity contribution in [1.82, 2.24) is 14.5 Å². The van der Waals surface area contributed by atoms with Gasteiger partial charge in [0.2, 0.25) is 0 Å². The molecule has 0 fully saturated rings. The summed E-state index contributed by atoms with van der Waals surface area (Å²) in [4.78, 5) is 8.57. The Kier molecular flexibility index (Phi) is 2.76. The molecule has 3 aromatic rings. The van der Waals surface area contributed by atoms with Crippen molar-refractivity contribution in [3.8, 4) is 5.82 Å². The molecule has 0 atom stereocenters. The topological polar surface area (TPSA) is 30.7 Å². The first kappa shape index (κ1) is 11.2. The van der Waals surface area contributed by atoms with Crippen LogP contribution in [-0.2, 0) is 0 Å². The van der Waals surface area contributed by atoms with Crippen molar-refractivity contribution in [2.24, 2.45) is 0 Å². The summed E-state index contributed by atoms with van der Waals surface area (Å²) in [6.07, 6.45) is 5.54. The Labute approximate surface area is 108 Å². The molecule has 0 aliphatic rings. The number of nitrogens with zero attached hydrogens (tertiary/aromatic N) is 3. The van der Waals surface area contributed by atoms with Gasteiger partial charge in [0, 0.05) is 17.8 Å². The van der Waals surface area contributed by atoms with Gasteiger partial charge in [0.15, 0.2) is 5.16 Å². The van der Waals surface area contributed by atoms with Crippen molar-refractivity contribution in [1.29, 1.82) is 0 Å². The number of thioether (sulfide) groups is 1. The lowest BCUT2D eigenvalue weighted by atomic mass is 10.2. The van der Waals surface area contributed by atoms with Gasteiger partial charge in [-0.3, -0.25) is 0 Å². The highest BCUT2D eigenvalue weighted by Crippen LogP contribution is 2.21. The number of halogens is 1. The summed E-state index contributed by atoms with van der Waals surface area (Å²) in [6, 6.07) is 8.44. The molecule has 3 rings (SSSR count). The summed E-state index contributed by atoms with van der Waals surface area (Å²) in [6.45, 7) is 0. The van der Waals surface area contributed by atoms with Crippen LogP contribution in [0.4, 0.5) is 4.39 Å². The molecule has 5 heteroatoms. The van der Waals surface area contributed by atoms with Crippen molar-refractivity contribution in [3.63, 3.8) is 0 Å². The summed E-state index contributed by atoms with van der Waals surface area (Å²) in [7, 11) is 0. The molecule has 0 saturated heterocycles. The highest BCUT2D eigenvalue weighted by atomic mass is 32.2. The van der Waals surface area contributed by atoms with Crippen molar-refractivity contribution >= 4 is 22.7 Å². The lowest BCUT2D eigenvalue weighted by Gasteiger charge is -2.05. The monoisotopic (exact) mass is 259 g/mol. The number of benzene rings is 1. The third-order valence-corrected chi connectivity index (χ3v) is 3.26. The van der Waals surface area contributed by atoms with Gasteiger partial charge in [0.05, 0.1) is 5.52 Å². The summed E-state index contributed by atoms with van der Waals surface area (Å²) in [5.41, 5.74) is 0.933. The second-order valence-corrected chi connectivity index (χ2v) is 4.56. The number of hydrogen-bond donors (Lipinski definition) is 0. The molecule has 0 bridgehead atoms. The zero-order valence-electron chi connectivity index (χ0n) is 9.67. The Morgan fingerprint density at radius 1 is 1.22 bits per heavy atom. The molecule has 2 heterocycles. The van der Waals surface area contributed by atoms with Gasteiger partial charge in [-0.15, -0.1) is 0 Å². The van der Waals surface area contributed by atoms with E-state index >= 15 is 0 Å². The van der Waals surface area contributed by atoms with E-state index in [1.165, 1.54) is 23.9 Å². The van der Waals surface area contributed by atoms with Gasteiger partial charge in [-0.1, -0.05) is 11.8 Å². The fourth-order valence-electron chi connectivity index (χ4n) is 1.88. The Morgan fingerprint density at radius 3 is 2.94 bits per heavy atom. The average Bonchev–Trinajstić information content (AvgIpc) is 2.81. The van der Waals surface area contributed by atoms with E-state index in [2.05, 4.69) is 9.97 Å². The molecule has 0 aliphatic carbocycles. The lowest BCUT2D eigenvalue weighted by Crippen LogP contribution is -1.97. The SMILES string of the molecule is CSc1nccc(-n2ccc3cc(F)ccc32)n1. The predicted molar refractivity (Wildman–Crippen MR) is 70.6 cm³/mol. The maximum Gasteiger partial charge on any atom is 0.189 e. The average molecular weight is 259 g/mol. The van der Waals surface area contributed by atoms with E-state index in [9.17, 15) is 4.39 Å². The molecule has 18 heavy (non-hydrogen) atoms. The molecule has 90 valence electrons. The maximum atomic E-state index is 13.1. The smallest absolute Gasteiger partial charge is 0.189 e. The van der Waals surface area contributed by atoms with Crippen LogP contribution in [0.25, 0.3) is 16.7 Å². The number of aromatic nitrogens is 3. The maximum absolute atomic E-state index is 13.1. The van der Waals surface area contributed by atoms with Gasteiger partial charge >= 0.3 is 0 Å². The van der Waals surface area contributed by atoms with Gasteiger partial charge in [-0.2, -0.15) is 0 Å². The predicted octanol–water partition coefficient (Wildman–Crippen LogP) is 3.28. The van der Waals surface area contributed by atoms with Crippen LogP contribution in [-0.4, -0.2) is 20.8 Å². The Balaban J connectivity index is 2.19. The van der Waals surface area contributed by atoms with Crippen LogP contribution in [0.1, 0.15) is 0 Å². The van der Waals surface area contributed by atoms with Crippen LogP contribution in [0.5, 0.6) is 0 Å². The van der Waals surface area contributed by atoms with E-state index in [-0.39, 0.29) is 5.82 Å².